The highest BCUT2D eigenvalue weighted by atomic mass is 32.2. The second kappa shape index (κ2) is 4.82. The SMILES string of the molecule is N#CC1=C(N)SC(N)=C(C#N)C1c1cccnc1. The summed E-state index contributed by atoms with van der Waals surface area (Å²) in [6.07, 6.45) is 3.23. The lowest BCUT2D eigenvalue weighted by atomic mass is 9.87. The van der Waals surface area contributed by atoms with Crippen molar-refractivity contribution in [1.82, 2.24) is 4.98 Å². The summed E-state index contributed by atoms with van der Waals surface area (Å²) in [7, 11) is 0. The topological polar surface area (TPSA) is 113 Å². The van der Waals surface area contributed by atoms with Gasteiger partial charge in [-0.1, -0.05) is 17.8 Å². The first-order valence-corrected chi connectivity index (χ1v) is 5.88. The zero-order valence-corrected chi connectivity index (χ0v) is 10.1. The Morgan fingerprint density at radius 2 is 1.78 bits per heavy atom. The molecule has 0 atom stereocenters. The van der Waals surface area contributed by atoms with Crippen LogP contribution in [0.2, 0.25) is 0 Å². The molecule has 0 saturated heterocycles. The fraction of sp³-hybridized carbons (Fsp3) is 0.0833. The third-order valence-electron chi connectivity index (χ3n) is 2.59. The molecule has 0 radical (unpaired) electrons. The van der Waals surface area contributed by atoms with Gasteiger partial charge in [-0.2, -0.15) is 10.5 Å². The van der Waals surface area contributed by atoms with Gasteiger partial charge in [-0.15, -0.1) is 0 Å². The Morgan fingerprint density at radius 3 is 2.22 bits per heavy atom. The zero-order chi connectivity index (χ0) is 13.1. The summed E-state index contributed by atoms with van der Waals surface area (Å²) in [5.41, 5.74) is 13.0. The summed E-state index contributed by atoms with van der Waals surface area (Å²) < 4.78 is 0. The van der Waals surface area contributed by atoms with Crippen LogP contribution in [0.4, 0.5) is 0 Å². The van der Waals surface area contributed by atoms with Gasteiger partial charge in [0.2, 0.25) is 0 Å². The second-order valence-corrected chi connectivity index (χ2v) is 4.68. The van der Waals surface area contributed by atoms with Crippen molar-refractivity contribution in [2.24, 2.45) is 11.5 Å². The quantitative estimate of drug-likeness (QED) is 0.782. The molecule has 1 aliphatic rings. The number of nitriles is 2. The van der Waals surface area contributed by atoms with E-state index in [4.69, 9.17) is 11.5 Å². The van der Waals surface area contributed by atoms with Crippen LogP contribution in [0.25, 0.3) is 0 Å². The van der Waals surface area contributed by atoms with E-state index in [1.807, 2.05) is 0 Å². The number of aromatic nitrogens is 1. The lowest BCUT2D eigenvalue weighted by molar-refractivity contribution is 0.946. The van der Waals surface area contributed by atoms with Crippen molar-refractivity contribution in [1.29, 1.82) is 10.5 Å². The lowest BCUT2D eigenvalue weighted by Gasteiger charge is -2.23. The summed E-state index contributed by atoms with van der Waals surface area (Å²) in [4.78, 5) is 3.99. The van der Waals surface area contributed by atoms with Gasteiger partial charge in [0.1, 0.15) is 0 Å². The van der Waals surface area contributed by atoms with E-state index in [2.05, 4.69) is 17.1 Å². The van der Waals surface area contributed by atoms with Crippen molar-refractivity contribution >= 4 is 11.8 Å². The maximum Gasteiger partial charge on any atom is 0.0985 e. The van der Waals surface area contributed by atoms with E-state index < -0.39 is 5.92 Å². The van der Waals surface area contributed by atoms with Crippen LogP contribution in [-0.2, 0) is 0 Å². The molecule has 1 aromatic heterocycles. The predicted octanol–water partition coefficient (Wildman–Crippen LogP) is 1.30. The molecule has 1 aromatic rings. The monoisotopic (exact) mass is 255 g/mol. The molecule has 6 heteroatoms. The standard InChI is InChI=1S/C12H9N5S/c13-4-8-10(7-2-1-3-17-6-7)9(5-14)12(16)18-11(8)15/h1-3,6,10H,15-16H2. The van der Waals surface area contributed by atoms with Crippen LogP contribution < -0.4 is 11.5 Å². The first kappa shape index (κ1) is 12.0. The van der Waals surface area contributed by atoms with Crippen molar-refractivity contribution in [2.75, 3.05) is 0 Å². The fourth-order valence-corrected chi connectivity index (χ4v) is 2.56. The summed E-state index contributed by atoms with van der Waals surface area (Å²) in [6.45, 7) is 0. The maximum absolute atomic E-state index is 9.20. The largest absolute Gasteiger partial charge is 0.392 e. The third-order valence-corrected chi connectivity index (χ3v) is 3.47. The van der Waals surface area contributed by atoms with E-state index in [1.165, 1.54) is 0 Å². The van der Waals surface area contributed by atoms with Crippen molar-refractivity contribution in [3.63, 3.8) is 0 Å². The van der Waals surface area contributed by atoms with Gasteiger partial charge >= 0.3 is 0 Å². The number of hydrogen-bond donors (Lipinski definition) is 2. The molecule has 18 heavy (non-hydrogen) atoms. The molecule has 4 N–H and O–H groups in total. The molecule has 0 fully saturated rings. The Hall–Kier alpha value is -2.44. The fourth-order valence-electron chi connectivity index (χ4n) is 1.78. The van der Waals surface area contributed by atoms with E-state index in [1.54, 1.807) is 24.5 Å². The highest BCUT2D eigenvalue weighted by Gasteiger charge is 2.31. The minimum atomic E-state index is -0.519. The molecule has 2 heterocycles. The van der Waals surface area contributed by atoms with Gasteiger partial charge in [0.05, 0.1) is 39.3 Å². The number of allylic oxidation sites excluding steroid dienone is 2. The zero-order valence-electron chi connectivity index (χ0n) is 9.29. The van der Waals surface area contributed by atoms with E-state index in [-0.39, 0.29) is 0 Å². The molecule has 0 saturated carbocycles. The highest BCUT2D eigenvalue weighted by Crippen LogP contribution is 2.42. The van der Waals surface area contributed by atoms with E-state index in [0.29, 0.717) is 21.2 Å². The van der Waals surface area contributed by atoms with Gasteiger partial charge in [-0.3, -0.25) is 4.98 Å². The van der Waals surface area contributed by atoms with Crippen LogP contribution in [0.3, 0.4) is 0 Å². The first-order valence-electron chi connectivity index (χ1n) is 5.06. The number of pyridine rings is 1. The molecule has 0 spiro atoms. The van der Waals surface area contributed by atoms with Crippen LogP contribution in [0.1, 0.15) is 11.5 Å². The van der Waals surface area contributed by atoms with Crippen LogP contribution in [0.5, 0.6) is 0 Å². The molecule has 0 aromatic carbocycles. The van der Waals surface area contributed by atoms with Crippen molar-refractivity contribution in [2.45, 2.75) is 5.92 Å². The first-order chi connectivity index (χ1) is 8.69. The Morgan fingerprint density at radius 1 is 1.17 bits per heavy atom. The molecule has 88 valence electrons. The van der Waals surface area contributed by atoms with Gasteiger partial charge in [-0.05, 0) is 11.6 Å². The highest BCUT2D eigenvalue weighted by molar-refractivity contribution is 8.06. The number of thioether (sulfide) groups is 1. The van der Waals surface area contributed by atoms with Gasteiger partial charge in [-0.25, -0.2) is 0 Å². The van der Waals surface area contributed by atoms with Crippen LogP contribution in [-0.4, -0.2) is 4.98 Å². The smallest absolute Gasteiger partial charge is 0.0985 e. The molecule has 0 bridgehead atoms. The van der Waals surface area contributed by atoms with Crippen molar-refractivity contribution in [3.05, 3.63) is 51.3 Å². The van der Waals surface area contributed by atoms with Gasteiger partial charge in [0.15, 0.2) is 0 Å². The minimum Gasteiger partial charge on any atom is -0.392 e. The molecule has 2 rings (SSSR count). The summed E-state index contributed by atoms with van der Waals surface area (Å²) in [5, 5.41) is 19.1. The average Bonchev–Trinajstić information content (AvgIpc) is 2.39. The molecule has 0 amide bonds. The van der Waals surface area contributed by atoms with Crippen LogP contribution in [0.15, 0.2) is 45.7 Å². The lowest BCUT2D eigenvalue weighted by Crippen LogP contribution is -2.18. The molecular weight excluding hydrogens is 246 g/mol. The number of hydrogen-bond acceptors (Lipinski definition) is 6. The van der Waals surface area contributed by atoms with Gasteiger partial charge in [0.25, 0.3) is 0 Å². The summed E-state index contributed by atoms with van der Waals surface area (Å²) in [5.74, 6) is -0.519. The summed E-state index contributed by atoms with van der Waals surface area (Å²) >= 11 is 1.05. The molecule has 0 aliphatic carbocycles. The van der Waals surface area contributed by atoms with Crippen molar-refractivity contribution in [3.8, 4) is 12.1 Å². The Labute approximate surface area is 108 Å². The average molecular weight is 255 g/mol. The van der Waals surface area contributed by atoms with E-state index in [0.717, 1.165) is 17.3 Å². The van der Waals surface area contributed by atoms with Crippen LogP contribution >= 0.6 is 11.8 Å². The van der Waals surface area contributed by atoms with Crippen LogP contribution in [0, 0.1) is 22.7 Å². The Balaban J connectivity index is 2.62. The summed E-state index contributed by atoms with van der Waals surface area (Å²) in [6, 6.07) is 7.64. The molecular formula is C12H9N5S. The number of nitrogens with two attached hydrogens (primary N) is 2. The molecule has 1 aliphatic heterocycles. The Bertz CT molecular complexity index is 582. The van der Waals surface area contributed by atoms with Crippen molar-refractivity contribution < 1.29 is 0 Å². The molecule has 0 unspecified atom stereocenters. The predicted molar refractivity (Wildman–Crippen MR) is 68.2 cm³/mol. The van der Waals surface area contributed by atoms with Gasteiger partial charge < -0.3 is 11.5 Å². The minimum absolute atomic E-state index is 0.336. The second-order valence-electron chi connectivity index (χ2n) is 3.60. The number of nitrogens with zero attached hydrogens (tertiary/aromatic N) is 3. The third kappa shape index (κ3) is 1.90. The number of rotatable bonds is 1. The maximum atomic E-state index is 9.20. The van der Waals surface area contributed by atoms with Gasteiger partial charge in [0, 0.05) is 12.4 Å². The van der Waals surface area contributed by atoms with E-state index >= 15 is 0 Å². The Kier molecular flexibility index (Phi) is 3.22. The van der Waals surface area contributed by atoms with E-state index in [9.17, 15) is 10.5 Å². The normalized spacial score (nSPS) is 16.3. The molecule has 5 nitrogen and oxygen atoms in total.